The number of nitrogens with zero attached hydrogens (tertiary/aromatic N) is 2. The molecule has 0 aromatic carbocycles. The van der Waals surface area contributed by atoms with E-state index in [9.17, 15) is 9.50 Å². The molecule has 2 heterocycles. The van der Waals surface area contributed by atoms with Crippen LogP contribution in [0.5, 0.6) is 0 Å². The third kappa shape index (κ3) is 2.06. The summed E-state index contributed by atoms with van der Waals surface area (Å²) in [5.41, 5.74) is 2.02. The van der Waals surface area contributed by atoms with Gasteiger partial charge in [-0.15, -0.1) is 0 Å². The molecule has 1 unspecified atom stereocenters. The van der Waals surface area contributed by atoms with Crippen molar-refractivity contribution in [3.05, 3.63) is 59.4 Å². The lowest BCUT2D eigenvalue weighted by atomic mass is 10.0. The first-order valence-electron chi connectivity index (χ1n) is 4.88. The quantitative estimate of drug-likeness (QED) is 0.838. The Morgan fingerprint density at radius 2 is 2.06 bits per heavy atom. The molecule has 16 heavy (non-hydrogen) atoms. The Hall–Kier alpha value is -1.81. The Morgan fingerprint density at radius 1 is 1.25 bits per heavy atom. The molecule has 0 radical (unpaired) electrons. The highest BCUT2D eigenvalue weighted by molar-refractivity contribution is 5.29. The summed E-state index contributed by atoms with van der Waals surface area (Å²) < 4.78 is 12.7. The van der Waals surface area contributed by atoms with E-state index in [0.717, 1.165) is 11.8 Å². The minimum atomic E-state index is -0.866. The normalized spacial score (nSPS) is 12.4. The predicted octanol–water partition coefficient (Wildman–Crippen LogP) is 2.01. The summed E-state index contributed by atoms with van der Waals surface area (Å²) in [7, 11) is 0. The van der Waals surface area contributed by atoms with Gasteiger partial charge in [-0.05, 0) is 30.7 Å². The van der Waals surface area contributed by atoms with Gasteiger partial charge < -0.3 is 5.11 Å². The highest BCUT2D eigenvalue weighted by atomic mass is 19.1. The molecule has 0 bridgehead atoms. The number of pyridine rings is 2. The monoisotopic (exact) mass is 218 g/mol. The molecule has 82 valence electrons. The van der Waals surface area contributed by atoms with Crippen molar-refractivity contribution in [2.45, 2.75) is 13.0 Å². The van der Waals surface area contributed by atoms with Gasteiger partial charge in [-0.25, -0.2) is 4.39 Å². The van der Waals surface area contributed by atoms with Crippen molar-refractivity contribution in [2.75, 3.05) is 0 Å². The molecular formula is C12H11FN2O. The second-order valence-corrected chi connectivity index (χ2v) is 3.54. The van der Waals surface area contributed by atoms with Crippen molar-refractivity contribution in [3.63, 3.8) is 0 Å². The van der Waals surface area contributed by atoms with Gasteiger partial charge in [0.15, 0.2) is 0 Å². The molecular weight excluding hydrogens is 207 g/mol. The lowest BCUT2D eigenvalue weighted by molar-refractivity contribution is 0.214. The van der Waals surface area contributed by atoms with Crippen LogP contribution in [-0.2, 0) is 0 Å². The molecule has 0 aliphatic heterocycles. The fourth-order valence-corrected chi connectivity index (χ4v) is 1.47. The van der Waals surface area contributed by atoms with Gasteiger partial charge >= 0.3 is 0 Å². The maximum Gasteiger partial charge on any atom is 0.141 e. The van der Waals surface area contributed by atoms with Crippen molar-refractivity contribution in [3.8, 4) is 0 Å². The number of aryl methyl sites for hydroxylation is 1. The van der Waals surface area contributed by atoms with Crippen LogP contribution in [0.2, 0.25) is 0 Å². The van der Waals surface area contributed by atoms with Gasteiger partial charge in [0.1, 0.15) is 11.9 Å². The van der Waals surface area contributed by atoms with Crippen LogP contribution in [0.25, 0.3) is 0 Å². The molecule has 2 rings (SSSR count). The predicted molar refractivity (Wildman–Crippen MR) is 57.2 cm³/mol. The largest absolute Gasteiger partial charge is 0.382 e. The molecule has 1 atom stereocenters. The Morgan fingerprint density at radius 3 is 2.69 bits per heavy atom. The van der Waals surface area contributed by atoms with E-state index in [2.05, 4.69) is 9.97 Å². The van der Waals surface area contributed by atoms with Crippen LogP contribution >= 0.6 is 0 Å². The molecule has 0 saturated carbocycles. The Labute approximate surface area is 92.6 Å². The molecule has 4 heteroatoms. The topological polar surface area (TPSA) is 46.0 Å². The highest BCUT2D eigenvalue weighted by Crippen LogP contribution is 2.22. The zero-order valence-corrected chi connectivity index (χ0v) is 8.76. The Balaban J connectivity index is 2.35. The first-order chi connectivity index (χ1) is 7.68. The summed E-state index contributed by atoms with van der Waals surface area (Å²) >= 11 is 0. The fourth-order valence-electron chi connectivity index (χ4n) is 1.47. The van der Waals surface area contributed by atoms with Crippen LogP contribution in [0.1, 0.15) is 22.9 Å². The molecule has 3 nitrogen and oxygen atoms in total. The van der Waals surface area contributed by atoms with E-state index in [1.165, 1.54) is 12.1 Å². The van der Waals surface area contributed by atoms with Gasteiger partial charge in [0.25, 0.3) is 0 Å². The molecule has 2 aromatic heterocycles. The van der Waals surface area contributed by atoms with E-state index < -0.39 is 11.9 Å². The highest BCUT2D eigenvalue weighted by Gasteiger charge is 2.14. The molecule has 0 amide bonds. The first-order valence-corrected chi connectivity index (χ1v) is 4.88. The Bertz CT molecular complexity index is 485. The van der Waals surface area contributed by atoms with Crippen LogP contribution in [0.3, 0.4) is 0 Å². The summed E-state index contributed by atoms with van der Waals surface area (Å²) in [6.45, 7) is 1.88. The van der Waals surface area contributed by atoms with Crippen molar-refractivity contribution in [1.29, 1.82) is 0 Å². The average molecular weight is 218 g/mol. The lowest BCUT2D eigenvalue weighted by Gasteiger charge is -2.12. The summed E-state index contributed by atoms with van der Waals surface area (Å²) in [5.74, 6) is -0.418. The Kier molecular flexibility index (Phi) is 2.92. The number of hydrogen-bond acceptors (Lipinski definition) is 3. The summed E-state index contributed by atoms with van der Waals surface area (Å²) in [6, 6.07) is 4.55. The third-order valence-electron chi connectivity index (χ3n) is 2.40. The molecule has 0 fully saturated rings. The zero-order valence-electron chi connectivity index (χ0n) is 8.76. The van der Waals surface area contributed by atoms with Gasteiger partial charge in [0.05, 0.1) is 11.9 Å². The van der Waals surface area contributed by atoms with E-state index in [-0.39, 0.29) is 0 Å². The van der Waals surface area contributed by atoms with E-state index in [4.69, 9.17) is 0 Å². The number of hydrogen-bond donors (Lipinski definition) is 1. The van der Waals surface area contributed by atoms with Gasteiger partial charge in [-0.3, -0.25) is 9.97 Å². The van der Waals surface area contributed by atoms with Crippen LogP contribution in [-0.4, -0.2) is 15.1 Å². The van der Waals surface area contributed by atoms with E-state index in [1.807, 2.05) is 13.0 Å². The minimum absolute atomic E-state index is 0.414. The first kappa shape index (κ1) is 10.7. The fraction of sp³-hybridized carbons (Fsp3) is 0.167. The number of aromatic nitrogens is 2. The van der Waals surface area contributed by atoms with Crippen molar-refractivity contribution < 1.29 is 9.50 Å². The van der Waals surface area contributed by atoms with E-state index in [1.54, 1.807) is 12.4 Å². The minimum Gasteiger partial charge on any atom is -0.382 e. The summed E-state index contributed by atoms with van der Waals surface area (Å²) in [6.07, 6.45) is 3.47. The molecule has 1 N–H and O–H groups in total. The maximum absolute atomic E-state index is 12.7. The van der Waals surface area contributed by atoms with E-state index >= 15 is 0 Å². The van der Waals surface area contributed by atoms with Crippen molar-refractivity contribution >= 4 is 0 Å². The van der Waals surface area contributed by atoms with Crippen LogP contribution in [0.4, 0.5) is 4.39 Å². The number of aliphatic hydroxyl groups excluding tert-OH is 1. The number of rotatable bonds is 2. The molecule has 2 aromatic rings. The summed E-state index contributed by atoms with van der Waals surface area (Å²) in [4.78, 5) is 7.79. The number of halogens is 1. The van der Waals surface area contributed by atoms with Crippen molar-refractivity contribution in [2.24, 2.45) is 0 Å². The van der Waals surface area contributed by atoms with Gasteiger partial charge in [-0.1, -0.05) is 0 Å². The van der Waals surface area contributed by atoms with Gasteiger partial charge in [0.2, 0.25) is 0 Å². The van der Waals surface area contributed by atoms with Crippen LogP contribution in [0, 0.1) is 12.7 Å². The standard InChI is InChI=1S/C12H11FN2O/c1-8-4-5-14-7-10(8)12(16)11-3-2-9(13)6-15-11/h2-7,12,16H,1H3. The second kappa shape index (κ2) is 4.37. The van der Waals surface area contributed by atoms with E-state index in [0.29, 0.717) is 11.3 Å². The van der Waals surface area contributed by atoms with Crippen LogP contribution < -0.4 is 0 Å². The van der Waals surface area contributed by atoms with Crippen LogP contribution in [0.15, 0.2) is 36.8 Å². The third-order valence-corrected chi connectivity index (χ3v) is 2.40. The average Bonchev–Trinajstić information content (AvgIpc) is 2.30. The smallest absolute Gasteiger partial charge is 0.141 e. The zero-order chi connectivity index (χ0) is 11.5. The summed E-state index contributed by atoms with van der Waals surface area (Å²) in [5, 5.41) is 10.0. The van der Waals surface area contributed by atoms with Crippen molar-refractivity contribution in [1.82, 2.24) is 9.97 Å². The maximum atomic E-state index is 12.7. The molecule has 0 saturated heterocycles. The molecule has 0 aliphatic rings. The second-order valence-electron chi connectivity index (χ2n) is 3.54. The lowest BCUT2D eigenvalue weighted by Crippen LogP contribution is -2.04. The van der Waals surface area contributed by atoms with Gasteiger partial charge in [0, 0.05) is 18.0 Å². The molecule has 0 spiro atoms. The number of aliphatic hydroxyl groups is 1. The SMILES string of the molecule is Cc1ccncc1C(O)c1ccc(F)cn1. The van der Waals surface area contributed by atoms with Gasteiger partial charge in [-0.2, -0.15) is 0 Å². The molecule has 0 aliphatic carbocycles.